The summed E-state index contributed by atoms with van der Waals surface area (Å²) in [7, 11) is 0. The molecular formula is C29H22BrN3O5S2. The summed E-state index contributed by atoms with van der Waals surface area (Å²) in [6.07, 6.45) is 0. The molecule has 3 heterocycles. The Morgan fingerprint density at radius 3 is 2.52 bits per heavy atom. The molecule has 0 aliphatic carbocycles. The zero-order valence-electron chi connectivity index (χ0n) is 21.1. The van der Waals surface area contributed by atoms with Crippen LogP contribution < -0.4 is 19.8 Å². The van der Waals surface area contributed by atoms with E-state index in [2.05, 4.69) is 26.2 Å². The molecule has 4 aromatic rings. The Bertz CT molecular complexity index is 1680. The first-order valence-corrected chi connectivity index (χ1v) is 14.9. The lowest BCUT2D eigenvalue weighted by Gasteiger charge is -2.30. The number of hydrogen-bond donors (Lipinski definition) is 2. The fourth-order valence-corrected chi connectivity index (χ4v) is 7.78. The van der Waals surface area contributed by atoms with Crippen LogP contribution in [0.3, 0.4) is 0 Å². The van der Waals surface area contributed by atoms with Gasteiger partial charge >= 0.3 is 4.87 Å². The quantitative estimate of drug-likeness (QED) is 0.278. The summed E-state index contributed by atoms with van der Waals surface area (Å²) in [5, 5.41) is 2.71. The number of nitrogens with zero attached hydrogens (tertiary/aromatic N) is 1. The number of nitrogens with one attached hydrogen (secondary N) is 2. The second-order valence-corrected chi connectivity index (χ2v) is 12.6. The van der Waals surface area contributed by atoms with Crippen molar-refractivity contribution >= 4 is 68.1 Å². The third-order valence-electron chi connectivity index (χ3n) is 6.83. The van der Waals surface area contributed by atoms with Gasteiger partial charge in [-0.15, -0.1) is 0 Å². The van der Waals surface area contributed by atoms with E-state index in [9.17, 15) is 19.2 Å². The standard InChI is InChI=1S/C29H22BrN3O5S2/c1-15-5-9-18(10-6-15)31-21(34)14-38-20-4-2-3-16(13-20)22-23-25(39-26-24(22)40-29(37)32-26)28(36)33(27(23)35)19-11-7-17(30)8-12-19/h2-13,22-23,25H,14H2,1H3,(H,31,34)(H,32,37). The number of carbonyl (C=O) groups is 3. The number of hydrogen-bond acceptors (Lipinski definition) is 7. The molecule has 202 valence electrons. The van der Waals surface area contributed by atoms with Crippen LogP contribution in [0, 0.1) is 12.8 Å². The molecule has 40 heavy (non-hydrogen) atoms. The smallest absolute Gasteiger partial charge is 0.305 e. The molecule has 1 aromatic heterocycles. The molecule has 6 rings (SSSR count). The van der Waals surface area contributed by atoms with Gasteiger partial charge in [-0.1, -0.05) is 68.9 Å². The van der Waals surface area contributed by atoms with Crippen LogP contribution in [0.1, 0.15) is 21.9 Å². The Balaban J connectivity index is 1.28. The highest BCUT2D eigenvalue weighted by Crippen LogP contribution is 2.53. The molecular weight excluding hydrogens is 614 g/mol. The largest absolute Gasteiger partial charge is 0.484 e. The molecule has 0 spiro atoms. The number of H-pyrrole nitrogens is 1. The van der Waals surface area contributed by atoms with Gasteiger partial charge in [-0.3, -0.25) is 19.2 Å². The highest BCUT2D eigenvalue weighted by Gasteiger charge is 2.56. The van der Waals surface area contributed by atoms with Crippen molar-refractivity contribution in [3.63, 3.8) is 0 Å². The minimum atomic E-state index is -0.708. The Kier molecular flexibility index (Phi) is 7.11. The maximum Gasteiger partial charge on any atom is 0.305 e. The first-order chi connectivity index (χ1) is 19.3. The number of anilines is 2. The molecule has 2 N–H and O–H groups in total. The van der Waals surface area contributed by atoms with E-state index in [1.807, 2.05) is 37.3 Å². The van der Waals surface area contributed by atoms with Gasteiger partial charge in [0.15, 0.2) is 6.61 Å². The number of ether oxygens (including phenoxy) is 1. The topological polar surface area (TPSA) is 109 Å². The fourth-order valence-electron chi connectivity index (χ4n) is 5.00. The molecule has 0 saturated carbocycles. The molecule has 0 radical (unpaired) electrons. The summed E-state index contributed by atoms with van der Waals surface area (Å²) in [6.45, 7) is 1.76. The normalized spacial score (nSPS) is 19.8. The molecule has 8 nitrogen and oxygen atoms in total. The van der Waals surface area contributed by atoms with Gasteiger partial charge in [-0.2, -0.15) is 0 Å². The molecule has 1 fully saturated rings. The molecule has 3 unspecified atom stereocenters. The third kappa shape index (κ3) is 5.00. The summed E-state index contributed by atoms with van der Waals surface area (Å²) >= 11 is 5.67. The van der Waals surface area contributed by atoms with Crippen LogP contribution in [-0.2, 0) is 14.4 Å². The number of carbonyl (C=O) groups excluding carboxylic acids is 3. The maximum absolute atomic E-state index is 13.8. The van der Waals surface area contributed by atoms with E-state index in [0.717, 1.165) is 26.9 Å². The average molecular weight is 637 g/mol. The minimum absolute atomic E-state index is 0.207. The number of thioether (sulfide) groups is 1. The van der Waals surface area contributed by atoms with Crippen LogP contribution in [0.25, 0.3) is 0 Å². The van der Waals surface area contributed by atoms with Gasteiger partial charge in [0, 0.05) is 21.0 Å². The van der Waals surface area contributed by atoms with E-state index >= 15 is 0 Å². The molecule has 2 aliphatic heterocycles. The van der Waals surface area contributed by atoms with Crippen molar-refractivity contribution in [3.05, 3.63) is 103 Å². The van der Waals surface area contributed by atoms with Crippen LogP contribution in [0.4, 0.5) is 11.4 Å². The zero-order valence-corrected chi connectivity index (χ0v) is 24.3. The number of fused-ring (bicyclic) bond motifs is 2. The number of aromatic amines is 1. The number of benzene rings is 3. The Hall–Kier alpha value is -3.67. The number of aromatic nitrogens is 1. The van der Waals surface area contributed by atoms with Crippen molar-refractivity contribution in [2.24, 2.45) is 5.92 Å². The van der Waals surface area contributed by atoms with E-state index in [4.69, 9.17) is 4.74 Å². The Morgan fingerprint density at radius 2 is 1.77 bits per heavy atom. The van der Waals surface area contributed by atoms with Gasteiger partial charge in [-0.25, -0.2) is 4.90 Å². The average Bonchev–Trinajstić information content (AvgIpc) is 3.43. The van der Waals surface area contributed by atoms with E-state index in [0.29, 0.717) is 27.0 Å². The monoisotopic (exact) mass is 635 g/mol. The van der Waals surface area contributed by atoms with Crippen LogP contribution in [0.2, 0.25) is 0 Å². The zero-order chi connectivity index (χ0) is 28.0. The van der Waals surface area contributed by atoms with Crippen molar-refractivity contribution in [3.8, 4) is 5.75 Å². The van der Waals surface area contributed by atoms with Crippen LogP contribution >= 0.6 is 39.0 Å². The van der Waals surface area contributed by atoms with Crippen molar-refractivity contribution < 1.29 is 19.1 Å². The summed E-state index contributed by atoms with van der Waals surface area (Å²) < 4.78 is 6.64. The molecule has 0 bridgehead atoms. The number of thiazole rings is 1. The van der Waals surface area contributed by atoms with Gasteiger partial charge in [-0.05, 0) is 61.0 Å². The number of amides is 3. The van der Waals surface area contributed by atoms with Crippen molar-refractivity contribution in [1.29, 1.82) is 0 Å². The summed E-state index contributed by atoms with van der Waals surface area (Å²) in [5.74, 6) is -1.74. The number of rotatable bonds is 6. The van der Waals surface area contributed by atoms with Crippen LogP contribution in [0.5, 0.6) is 5.75 Å². The first-order valence-electron chi connectivity index (χ1n) is 12.4. The summed E-state index contributed by atoms with van der Waals surface area (Å²) in [6, 6.07) is 21.6. The number of aryl methyl sites for hydroxylation is 1. The van der Waals surface area contributed by atoms with Gasteiger partial charge in [0.2, 0.25) is 11.8 Å². The SMILES string of the molecule is Cc1ccc(NC(=O)COc2cccc(C3c4sc(=O)[nH]c4SC4C(=O)N(c5ccc(Br)cc5)C(=O)C43)c2)cc1. The summed E-state index contributed by atoms with van der Waals surface area (Å²) in [5.41, 5.74) is 2.99. The Morgan fingerprint density at radius 1 is 1.02 bits per heavy atom. The second-order valence-electron chi connectivity index (χ2n) is 9.51. The Labute approximate surface area is 245 Å². The lowest BCUT2D eigenvalue weighted by atomic mass is 9.83. The van der Waals surface area contributed by atoms with E-state index in [1.165, 1.54) is 16.7 Å². The molecule has 2 aliphatic rings. The lowest BCUT2D eigenvalue weighted by molar-refractivity contribution is -0.122. The lowest BCUT2D eigenvalue weighted by Crippen LogP contribution is -2.32. The van der Waals surface area contributed by atoms with Crippen LogP contribution in [0.15, 0.2) is 87.1 Å². The highest BCUT2D eigenvalue weighted by atomic mass is 79.9. The number of halogens is 1. The second kappa shape index (κ2) is 10.7. The van der Waals surface area contributed by atoms with Crippen molar-refractivity contribution in [2.45, 2.75) is 23.1 Å². The molecule has 3 aromatic carbocycles. The predicted octanol–water partition coefficient (Wildman–Crippen LogP) is 5.32. The highest BCUT2D eigenvalue weighted by molar-refractivity contribution is 9.10. The van der Waals surface area contributed by atoms with Gasteiger partial charge in [0.1, 0.15) is 11.0 Å². The van der Waals surface area contributed by atoms with Crippen LogP contribution in [-0.4, -0.2) is 34.6 Å². The van der Waals surface area contributed by atoms with E-state index in [1.54, 1.807) is 42.5 Å². The third-order valence-corrected chi connectivity index (χ3v) is 9.76. The number of imide groups is 1. The molecule has 1 saturated heterocycles. The van der Waals surface area contributed by atoms with Gasteiger partial charge in [0.05, 0.1) is 16.6 Å². The fraction of sp³-hybridized carbons (Fsp3) is 0.172. The molecule has 11 heteroatoms. The van der Waals surface area contributed by atoms with Gasteiger partial charge < -0.3 is 15.0 Å². The minimum Gasteiger partial charge on any atom is -0.484 e. The van der Waals surface area contributed by atoms with Crippen molar-refractivity contribution in [2.75, 3.05) is 16.8 Å². The van der Waals surface area contributed by atoms with E-state index in [-0.39, 0.29) is 29.2 Å². The summed E-state index contributed by atoms with van der Waals surface area (Å²) in [4.78, 5) is 56.8. The predicted molar refractivity (Wildman–Crippen MR) is 158 cm³/mol. The maximum atomic E-state index is 13.8. The van der Waals surface area contributed by atoms with Gasteiger partial charge in [0.25, 0.3) is 5.91 Å². The van der Waals surface area contributed by atoms with Crippen molar-refractivity contribution in [1.82, 2.24) is 4.98 Å². The first kappa shape index (κ1) is 26.5. The van der Waals surface area contributed by atoms with E-state index < -0.39 is 17.1 Å². The molecule has 3 amide bonds. The molecule has 3 atom stereocenters.